The zero-order valence-electron chi connectivity index (χ0n) is 11.8. The third-order valence-electron chi connectivity index (χ3n) is 2.80. The first kappa shape index (κ1) is 15.8. The van der Waals surface area contributed by atoms with Gasteiger partial charge in [0.05, 0.1) is 5.69 Å². The summed E-state index contributed by atoms with van der Waals surface area (Å²) in [4.78, 5) is 0. The summed E-state index contributed by atoms with van der Waals surface area (Å²) in [5.74, 6) is 0. The molecule has 5 nitrogen and oxygen atoms in total. The minimum Gasteiger partial charge on any atom is -0.399 e. The highest BCUT2D eigenvalue weighted by atomic mass is 32.2. The molecule has 19 heavy (non-hydrogen) atoms. The van der Waals surface area contributed by atoms with Gasteiger partial charge in [-0.3, -0.25) is 4.72 Å². The standard InChI is InChI=1S/C13H23N3O2S/c1-4-8-16(9-5-2)19(17,18)15-12-6-7-13(14)11(3)10-12/h6-7,10,15H,4-5,8-9,14H2,1-3H3. The maximum absolute atomic E-state index is 12.3. The number of benzene rings is 1. The lowest BCUT2D eigenvalue weighted by Gasteiger charge is -2.22. The van der Waals surface area contributed by atoms with Crippen LogP contribution in [0.25, 0.3) is 0 Å². The van der Waals surface area contributed by atoms with Crippen molar-refractivity contribution in [2.24, 2.45) is 0 Å². The second-order valence-electron chi connectivity index (χ2n) is 4.58. The van der Waals surface area contributed by atoms with Crippen molar-refractivity contribution >= 4 is 21.6 Å². The Morgan fingerprint density at radius 1 is 1.21 bits per heavy atom. The Morgan fingerprint density at radius 2 is 1.79 bits per heavy atom. The highest BCUT2D eigenvalue weighted by Gasteiger charge is 2.20. The summed E-state index contributed by atoms with van der Waals surface area (Å²) in [5, 5.41) is 0. The number of anilines is 2. The third-order valence-corrected chi connectivity index (χ3v) is 4.34. The molecule has 0 aliphatic carbocycles. The van der Waals surface area contributed by atoms with Gasteiger partial charge in [-0.1, -0.05) is 13.8 Å². The van der Waals surface area contributed by atoms with Crippen LogP contribution in [-0.2, 0) is 10.2 Å². The van der Waals surface area contributed by atoms with Crippen LogP contribution in [0.15, 0.2) is 18.2 Å². The molecular formula is C13H23N3O2S. The molecule has 0 saturated carbocycles. The molecule has 0 spiro atoms. The summed E-state index contributed by atoms with van der Waals surface area (Å²) in [5.41, 5.74) is 7.78. The second kappa shape index (κ2) is 6.77. The van der Waals surface area contributed by atoms with Gasteiger partial charge in [0.2, 0.25) is 0 Å². The molecule has 0 aromatic heterocycles. The van der Waals surface area contributed by atoms with Crippen molar-refractivity contribution in [1.29, 1.82) is 0 Å². The second-order valence-corrected chi connectivity index (χ2v) is 6.25. The van der Waals surface area contributed by atoms with Crippen molar-refractivity contribution < 1.29 is 8.42 Å². The van der Waals surface area contributed by atoms with Gasteiger partial charge in [-0.05, 0) is 43.5 Å². The minimum absolute atomic E-state index is 0.525. The molecule has 0 heterocycles. The molecule has 3 N–H and O–H groups in total. The molecule has 0 aliphatic rings. The Morgan fingerprint density at radius 3 is 2.26 bits per heavy atom. The number of nitrogens with one attached hydrogen (secondary N) is 1. The normalized spacial score (nSPS) is 11.8. The summed E-state index contributed by atoms with van der Waals surface area (Å²) in [6.45, 7) is 6.83. The zero-order chi connectivity index (χ0) is 14.5. The van der Waals surface area contributed by atoms with Crippen molar-refractivity contribution in [3.8, 4) is 0 Å². The molecule has 0 unspecified atom stereocenters. The van der Waals surface area contributed by atoms with Crippen LogP contribution >= 0.6 is 0 Å². The fraction of sp³-hybridized carbons (Fsp3) is 0.538. The molecule has 0 amide bonds. The van der Waals surface area contributed by atoms with Gasteiger partial charge in [0, 0.05) is 18.8 Å². The molecular weight excluding hydrogens is 262 g/mol. The number of rotatable bonds is 7. The number of nitrogens with two attached hydrogens (primary N) is 1. The van der Waals surface area contributed by atoms with E-state index in [9.17, 15) is 8.42 Å². The smallest absolute Gasteiger partial charge is 0.301 e. The first-order valence-electron chi connectivity index (χ1n) is 6.54. The number of nitrogen functional groups attached to an aromatic ring is 1. The van der Waals surface area contributed by atoms with Gasteiger partial charge in [-0.25, -0.2) is 0 Å². The molecule has 1 aromatic rings. The fourth-order valence-corrected chi connectivity index (χ4v) is 3.20. The molecule has 1 rings (SSSR count). The van der Waals surface area contributed by atoms with E-state index >= 15 is 0 Å². The van der Waals surface area contributed by atoms with Crippen LogP contribution in [0.5, 0.6) is 0 Å². The van der Waals surface area contributed by atoms with Crippen LogP contribution in [0.4, 0.5) is 11.4 Å². The predicted octanol–water partition coefficient (Wildman–Crippen LogP) is 2.36. The van der Waals surface area contributed by atoms with Crippen LogP contribution in [0.2, 0.25) is 0 Å². The molecule has 0 atom stereocenters. The van der Waals surface area contributed by atoms with Gasteiger partial charge >= 0.3 is 10.2 Å². The molecule has 6 heteroatoms. The Bertz CT molecular complexity index is 509. The van der Waals surface area contributed by atoms with E-state index in [1.54, 1.807) is 18.2 Å². The Balaban J connectivity index is 2.90. The highest BCUT2D eigenvalue weighted by molar-refractivity contribution is 7.90. The number of aryl methyl sites for hydroxylation is 1. The summed E-state index contributed by atoms with van der Waals surface area (Å²) in [6.07, 6.45) is 1.59. The fourth-order valence-electron chi connectivity index (χ4n) is 1.80. The van der Waals surface area contributed by atoms with E-state index in [1.165, 1.54) is 4.31 Å². The van der Waals surface area contributed by atoms with E-state index in [2.05, 4.69) is 4.72 Å². The van der Waals surface area contributed by atoms with Crippen molar-refractivity contribution in [3.05, 3.63) is 23.8 Å². The van der Waals surface area contributed by atoms with Crippen molar-refractivity contribution in [2.45, 2.75) is 33.6 Å². The number of hydrogen-bond acceptors (Lipinski definition) is 3. The van der Waals surface area contributed by atoms with Gasteiger partial charge in [0.25, 0.3) is 0 Å². The average Bonchev–Trinajstić information content (AvgIpc) is 2.33. The van der Waals surface area contributed by atoms with E-state index < -0.39 is 10.2 Å². The molecule has 0 saturated heterocycles. The first-order valence-corrected chi connectivity index (χ1v) is 7.98. The van der Waals surface area contributed by atoms with Crippen LogP contribution in [0.1, 0.15) is 32.3 Å². The summed E-state index contributed by atoms with van der Waals surface area (Å²) in [7, 11) is -3.49. The van der Waals surface area contributed by atoms with E-state index in [0.717, 1.165) is 18.4 Å². The van der Waals surface area contributed by atoms with Crippen molar-refractivity contribution in [2.75, 3.05) is 23.5 Å². The van der Waals surface area contributed by atoms with E-state index in [-0.39, 0.29) is 0 Å². The van der Waals surface area contributed by atoms with Gasteiger partial charge in [0.15, 0.2) is 0 Å². The molecule has 108 valence electrons. The van der Waals surface area contributed by atoms with Crippen molar-refractivity contribution in [3.63, 3.8) is 0 Å². The molecule has 0 bridgehead atoms. The quantitative estimate of drug-likeness (QED) is 0.755. The van der Waals surface area contributed by atoms with Gasteiger partial charge in [0.1, 0.15) is 0 Å². The summed E-state index contributed by atoms with van der Waals surface area (Å²) in [6, 6.07) is 5.12. The highest BCUT2D eigenvalue weighted by Crippen LogP contribution is 2.18. The number of hydrogen-bond donors (Lipinski definition) is 2. The van der Waals surface area contributed by atoms with Gasteiger partial charge in [-0.15, -0.1) is 0 Å². The monoisotopic (exact) mass is 285 g/mol. The maximum atomic E-state index is 12.3. The topological polar surface area (TPSA) is 75.4 Å². The lowest BCUT2D eigenvalue weighted by molar-refractivity contribution is 0.413. The van der Waals surface area contributed by atoms with Crippen LogP contribution in [-0.4, -0.2) is 25.8 Å². The lowest BCUT2D eigenvalue weighted by atomic mass is 10.2. The van der Waals surface area contributed by atoms with Crippen LogP contribution < -0.4 is 10.5 Å². The SMILES string of the molecule is CCCN(CCC)S(=O)(=O)Nc1ccc(N)c(C)c1. The maximum Gasteiger partial charge on any atom is 0.301 e. The number of nitrogens with zero attached hydrogens (tertiary/aromatic N) is 1. The molecule has 1 aromatic carbocycles. The van der Waals surface area contributed by atoms with Crippen LogP contribution in [0.3, 0.4) is 0 Å². The predicted molar refractivity (Wildman–Crippen MR) is 80.3 cm³/mol. The largest absolute Gasteiger partial charge is 0.399 e. The summed E-state index contributed by atoms with van der Waals surface area (Å²) >= 11 is 0. The first-order chi connectivity index (χ1) is 8.90. The van der Waals surface area contributed by atoms with E-state index in [0.29, 0.717) is 24.5 Å². The van der Waals surface area contributed by atoms with Crippen molar-refractivity contribution in [1.82, 2.24) is 4.31 Å². The zero-order valence-corrected chi connectivity index (χ0v) is 12.6. The van der Waals surface area contributed by atoms with E-state index in [1.807, 2.05) is 20.8 Å². The molecule has 0 aliphatic heterocycles. The Hall–Kier alpha value is -1.27. The summed E-state index contributed by atoms with van der Waals surface area (Å²) < 4.78 is 28.6. The minimum atomic E-state index is -3.49. The molecule has 0 radical (unpaired) electrons. The molecule has 0 fully saturated rings. The van der Waals surface area contributed by atoms with E-state index in [4.69, 9.17) is 5.73 Å². The lowest BCUT2D eigenvalue weighted by Crippen LogP contribution is -2.37. The van der Waals surface area contributed by atoms with Crippen LogP contribution in [0, 0.1) is 6.92 Å². The van der Waals surface area contributed by atoms with Gasteiger partial charge in [-0.2, -0.15) is 12.7 Å². The third kappa shape index (κ3) is 4.40. The average molecular weight is 285 g/mol. The Labute approximate surface area is 116 Å². The van der Waals surface area contributed by atoms with Gasteiger partial charge < -0.3 is 5.73 Å². The Kier molecular flexibility index (Phi) is 5.62.